The first kappa shape index (κ1) is 10.8. The van der Waals surface area contributed by atoms with E-state index in [9.17, 15) is 0 Å². The molecule has 86 valence electrons. The fraction of sp³-hybridized carbons (Fsp3) is 0.333. The minimum atomic E-state index is 0.268. The highest BCUT2D eigenvalue weighted by Gasteiger charge is 2.16. The number of ether oxygens (including phenoxy) is 4. The summed E-state index contributed by atoms with van der Waals surface area (Å²) in [6.07, 6.45) is 3.85. The zero-order valence-corrected chi connectivity index (χ0v) is 9.36. The molecular formula is C12H14O4. The number of methoxy groups -OCH3 is 2. The lowest BCUT2D eigenvalue weighted by atomic mass is 10.1. The molecule has 1 aromatic carbocycles. The summed E-state index contributed by atoms with van der Waals surface area (Å²) in [6.45, 7) is 0.835. The number of hydrogen-bond donors (Lipinski definition) is 0. The van der Waals surface area contributed by atoms with E-state index in [-0.39, 0.29) is 6.79 Å². The third-order valence-corrected chi connectivity index (χ3v) is 2.29. The van der Waals surface area contributed by atoms with Gasteiger partial charge in [0.25, 0.3) is 0 Å². The molecule has 0 unspecified atom stereocenters. The molecule has 0 fully saturated rings. The van der Waals surface area contributed by atoms with Crippen molar-refractivity contribution in [3.63, 3.8) is 0 Å². The van der Waals surface area contributed by atoms with E-state index in [1.807, 2.05) is 24.3 Å². The first-order valence-corrected chi connectivity index (χ1v) is 4.98. The maximum Gasteiger partial charge on any atom is 0.231 e. The standard InChI is InChI=1S/C12H14O4/c1-13-5-3-4-9-6-11-12(16-8-15-11)7-10(9)14-2/h3-4,6-7H,5,8H2,1-2H3/b4-3-. The Morgan fingerprint density at radius 1 is 1.25 bits per heavy atom. The molecule has 0 amide bonds. The van der Waals surface area contributed by atoms with Crippen molar-refractivity contribution in [2.45, 2.75) is 0 Å². The van der Waals surface area contributed by atoms with Crippen LogP contribution in [0.3, 0.4) is 0 Å². The highest BCUT2D eigenvalue weighted by atomic mass is 16.7. The monoisotopic (exact) mass is 222 g/mol. The molecule has 0 aliphatic carbocycles. The lowest BCUT2D eigenvalue weighted by molar-refractivity contribution is 0.174. The van der Waals surface area contributed by atoms with Gasteiger partial charge in [0.1, 0.15) is 5.75 Å². The summed E-state index contributed by atoms with van der Waals surface area (Å²) in [4.78, 5) is 0. The van der Waals surface area contributed by atoms with Crippen LogP contribution in [0.15, 0.2) is 18.2 Å². The van der Waals surface area contributed by atoms with Gasteiger partial charge in [-0.1, -0.05) is 12.2 Å². The molecule has 0 bridgehead atoms. The van der Waals surface area contributed by atoms with Crippen LogP contribution in [0.25, 0.3) is 6.08 Å². The van der Waals surface area contributed by atoms with Gasteiger partial charge in [-0.05, 0) is 6.07 Å². The molecule has 4 heteroatoms. The average Bonchev–Trinajstić information content (AvgIpc) is 2.75. The zero-order valence-electron chi connectivity index (χ0n) is 9.36. The summed E-state index contributed by atoms with van der Waals surface area (Å²) in [7, 11) is 3.28. The molecule has 2 rings (SSSR count). The van der Waals surface area contributed by atoms with E-state index in [0.717, 1.165) is 22.8 Å². The van der Waals surface area contributed by atoms with E-state index in [4.69, 9.17) is 18.9 Å². The Balaban J connectivity index is 2.28. The van der Waals surface area contributed by atoms with E-state index in [0.29, 0.717) is 6.61 Å². The van der Waals surface area contributed by atoms with Crippen LogP contribution in [0.1, 0.15) is 5.56 Å². The third-order valence-electron chi connectivity index (χ3n) is 2.29. The van der Waals surface area contributed by atoms with Crippen LogP contribution in [-0.2, 0) is 4.74 Å². The normalized spacial score (nSPS) is 13.4. The van der Waals surface area contributed by atoms with Crippen LogP contribution in [-0.4, -0.2) is 27.6 Å². The Morgan fingerprint density at radius 3 is 2.69 bits per heavy atom. The van der Waals surface area contributed by atoms with Gasteiger partial charge in [0.05, 0.1) is 13.7 Å². The molecule has 0 atom stereocenters. The molecule has 0 radical (unpaired) electrons. The number of hydrogen-bond acceptors (Lipinski definition) is 4. The fourth-order valence-corrected chi connectivity index (χ4v) is 1.52. The molecule has 0 aromatic heterocycles. The highest BCUT2D eigenvalue weighted by molar-refractivity contribution is 5.64. The summed E-state index contributed by atoms with van der Waals surface area (Å²) in [5.41, 5.74) is 0.948. The number of benzene rings is 1. The Hall–Kier alpha value is -1.68. The van der Waals surface area contributed by atoms with Crippen molar-refractivity contribution in [1.29, 1.82) is 0 Å². The van der Waals surface area contributed by atoms with Crippen LogP contribution in [0.4, 0.5) is 0 Å². The largest absolute Gasteiger partial charge is 0.496 e. The van der Waals surface area contributed by atoms with Gasteiger partial charge in [-0.15, -0.1) is 0 Å². The molecule has 1 aromatic rings. The lowest BCUT2D eigenvalue weighted by Gasteiger charge is -2.06. The van der Waals surface area contributed by atoms with Gasteiger partial charge in [0.2, 0.25) is 6.79 Å². The van der Waals surface area contributed by atoms with E-state index in [1.165, 1.54) is 0 Å². The molecule has 0 saturated carbocycles. The zero-order chi connectivity index (χ0) is 11.4. The van der Waals surface area contributed by atoms with Gasteiger partial charge in [0.15, 0.2) is 11.5 Å². The topological polar surface area (TPSA) is 36.9 Å². The van der Waals surface area contributed by atoms with Gasteiger partial charge in [-0.3, -0.25) is 0 Å². The van der Waals surface area contributed by atoms with Crippen LogP contribution in [0.2, 0.25) is 0 Å². The second-order valence-corrected chi connectivity index (χ2v) is 3.31. The average molecular weight is 222 g/mol. The third kappa shape index (κ3) is 2.12. The first-order chi connectivity index (χ1) is 7.85. The van der Waals surface area contributed by atoms with E-state index in [2.05, 4.69) is 0 Å². The first-order valence-electron chi connectivity index (χ1n) is 4.98. The van der Waals surface area contributed by atoms with Crippen molar-refractivity contribution in [2.24, 2.45) is 0 Å². The predicted octanol–water partition coefficient (Wildman–Crippen LogP) is 2.08. The Kier molecular flexibility index (Phi) is 3.31. The summed E-state index contributed by atoms with van der Waals surface area (Å²) in [5, 5.41) is 0. The quantitative estimate of drug-likeness (QED) is 0.781. The van der Waals surface area contributed by atoms with E-state index < -0.39 is 0 Å². The molecule has 16 heavy (non-hydrogen) atoms. The van der Waals surface area contributed by atoms with Gasteiger partial charge >= 0.3 is 0 Å². The van der Waals surface area contributed by atoms with Crippen molar-refractivity contribution in [1.82, 2.24) is 0 Å². The second kappa shape index (κ2) is 4.90. The van der Waals surface area contributed by atoms with Crippen molar-refractivity contribution in [3.05, 3.63) is 23.8 Å². The smallest absolute Gasteiger partial charge is 0.231 e. The van der Waals surface area contributed by atoms with Crippen molar-refractivity contribution < 1.29 is 18.9 Å². The van der Waals surface area contributed by atoms with Crippen LogP contribution in [0, 0.1) is 0 Å². The Morgan fingerprint density at radius 2 is 2.00 bits per heavy atom. The van der Waals surface area contributed by atoms with Crippen molar-refractivity contribution in [2.75, 3.05) is 27.6 Å². The lowest BCUT2D eigenvalue weighted by Crippen LogP contribution is -1.92. The molecule has 4 nitrogen and oxygen atoms in total. The fourth-order valence-electron chi connectivity index (χ4n) is 1.52. The molecule has 1 aliphatic heterocycles. The summed E-state index contributed by atoms with van der Waals surface area (Å²) < 4.78 is 20.8. The van der Waals surface area contributed by atoms with Crippen LogP contribution in [0.5, 0.6) is 17.2 Å². The Bertz CT molecular complexity index is 398. The highest BCUT2D eigenvalue weighted by Crippen LogP contribution is 2.38. The number of fused-ring (bicyclic) bond motifs is 1. The van der Waals surface area contributed by atoms with Crippen LogP contribution >= 0.6 is 0 Å². The summed E-state index contributed by atoms with van der Waals surface area (Å²) in [5.74, 6) is 2.23. The molecule has 1 aliphatic rings. The predicted molar refractivity (Wildman–Crippen MR) is 60.0 cm³/mol. The van der Waals surface area contributed by atoms with Crippen molar-refractivity contribution in [3.8, 4) is 17.2 Å². The van der Waals surface area contributed by atoms with Gasteiger partial charge in [-0.25, -0.2) is 0 Å². The molecule has 0 saturated heterocycles. The maximum atomic E-state index is 5.30. The SMILES string of the molecule is COC/C=C\c1cc2c(cc1OC)OCO2. The maximum absolute atomic E-state index is 5.30. The van der Waals surface area contributed by atoms with Crippen LogP contribution < -0.4 is 14.2 Å². The Labute approximate surface area is 94.4 Å². The van der Waals surface area contributed by atoms with E-state index in [1.54, 1.807) is 14.2 Å². The number of rotatable bonds is 4. The summed E-state index contributed by atoms with van der Waals surface area (Å²) >= 11 is 0. The molecular weight excluding hydrogens is 208 g/mol. The minimum Gasteiger partial charge on any atom is -0.496 e. The van der Waals surface area contributed by atoms with Crippen molar-refractivity contribution >= 4 is 6.08 Å². The summed E-state index contributed by atoms with van der Waals surface area (Å²) in [6, 6.07) is 3.72. The van der Waals surface area contributed by atoms with E-state index >= 15 is 0 Å². The van der Waals surface area contributed by atoms with Gasteiger partial charge in [-0.2, -0.15) is 0 Å². The van der Waals surface area contributed by atoms with Gasteiger partial charge < -0.3 is 18.9 Å². The second-order valence-electron chi connectivity index (χ2n) is 3.31. The molecule has 0 N–H and O–H groups in total. The minimum absolute atomic E-state index is 0.268. The molecule has 0 spiro atoms. The van der Waals surface area contributed by atoms with Gasteiger partial charge in [0, 0.05) is 18.7 Å². The molecule has 1 heterocycles.